The third-order valence-electron chi connectivity index (χ3n) is 3.55. The van der Waals surface area contributed by atoms with Gasteiger partial charge in [0.15, 0.2) is 5.82 Å². The first-order chi connectivity index (χ1) is 11.6. The van der Waals surface area contributed by atoms with E-state index in [1.165, 1.54) is 4.57 Å². The second-order valence-corrected chi connectivity index (χ2v) is 6.29. The highest BCUT2D eigenvalue weighted by Gasteiger charge is 2.19. The van der Waals surface area contributed by atoms with Crippen molar-refractivity contribution in [3.63, 3.8) is 0 Å². The molecule has 0 aliphatic heterocycles. The van der Waals surface area contributed by atoms with E-state index in [1.54, 1.807) is 43.5 Å². The highest BCUT2D eigenvalue weighted by Crippen LogP contribution is 2.14. The summed E-state index contributed by atoms with van der Waals surface area (Å²) < 4.78 is 6.41. The molecule has 1 amide bonds. The summed E-state index contributed by atoms with van der Waals surface area (Å²) in [5.41, 5.74) is -0.0732. The molecule has 3 rings (SSSR count). The number of aryl methyl sites for hydroxylation is 1. The highest BCUT2D eigenvalue weighted by atomic mass is 32.1. The summed E-state index contributed by atoms with van der Waals surface area (Å²) in [7, 11) is 0. The van der Waals surface area contributed by atoms with E-state index in [0.717, 1.165) is 4.88 Å². The number of carbonyl (C=O) groups is 1. The van der Waals surface area contributed by atoms with E-state index in [4.69, 9.17) is 4.52 Å². The molecule has 0 aliphatic carbocycles. The molecule has 0 fully saturated rings. The molecule has 0 saturated carbocycles. The first-order valence-electron chi connectivity index (χ1n) is 7.38. The molecule has 0 bridgehead atoms. The van der Waals surface area contributed by atoms with Crippen LogP contribution in [0.5, 0.6) is 0 Å². The van der Waals surface area contributed by atoms with Crippen LogP contribution in [0.4, 0.5) is 0 Å². The average Bonchev–Trinajstić information content (AvgIpc) is 3.24. The van der Waals surface area contributed by atoms with Crippen molar-refractivity contribution in [1.29, 1.82) is 0 Å². The molecule has 8 heteroatoms. The number of nitrogens with zero attached hydrogens (tertiary/aromatic N) is 3. The van der Waals surface area contributed by atoms with E-state index in [9.17, 15) is 9.59 Å². The number of pyridine rings is 1. The summed E-state index contributed by atoms with van der Waals surface area (Å²) in [6, 6.07) is 6.50. The van der Waals surface area contributed by atoms with Gasteiger partial charge in [0.2, 0.25) is 5.91 Å². The maximum Gasteiger partial charge on any atom is 0.264 e. The molecule has 24 heavy (non-hydrogen) atoms. The van der Waals surface area contributed by atoms with Crippen LogP contribution < -0.4 is 10.9 Å². The first-order valence-corrected chi connectivity index (χ1v) is 8.26. The lowest BCUT2D eigenvalue weighted by atomic mass is 10.2. The number of carbonyl (C=O) groups excluding carboxylic acids is 1. The number of hydrogen-bond donors (Lipinski definition) is 1. The fourth-order valence-electron chi connectivity index (χ4n) is 2.25. The summed E-state index contributed by atoms with van der Waals surface area (Å²) in [5.74, 6) is 0.365. The second kappa shape index (κ2) is 6.79. The van der Waals surface area contributed by atoms with Crippen LogP contribution in [0.25, 0.3) is 11.5 Å². The standard InChI is InChI=1S/C16H16N4O3S/c1-10(14(21)17-9-12-5-4-8-24-12)20-7-3-6-13(16(20)22)15-18-11(2)19-23-15/h3-8,10H,9H2,1-2H3,(H,17,21). The third-order valence-corrected chi connectivity index (χ3v) is 4.42. The molecule has 3 heterocycles. The van der Waals surface area contributed by atoms with Gasteiger partial charge in [-0.3, -0.25) is 9.59 Å². The van der Waals surface area contributed by atoms with Gasteiger partial charge >= 0.3 is 0 Å². The van der Waals surface area contributed by atoms with Gasteiger partial charge < -0.3 is 14.4 Å². The minimum absolute atomic E-state index is 0.151. The molecular weight excluding hydrogens is 328 g/mol. The Morgan fingerprint density at radius 3 is 2.92 bits per heavy atom. The fraction of sp³-hybridized carbons (Fsp3) is 0.250. The van der Waals surface area contributed by atoms with Crippen molar-refractivity contribution < 1.29 is 9.32 Å². The Balaban J connectivity index is 1.81. The van der Waals surface area contributed by atoms with Crippen LogP contribution in [0.1, 0.15) is 23.7 Å². The summed E-state index contributed by atoms with van der Waals surface area (Å²) in [6.07, 6.45) is 1.57. The van der Waals surface area contributed by atoms with Crippen molar-refractivity contribution in [2.75, 3.05) is 0 Å². The van der Waals surface area contributed by atoms with Crippen LogP contribution in [0.3, 0.4) is 0 Å². The third kappa shape index (κ3) is 3.28. The van der Waals surface area contributed by atoms with Gasteiger partial charge in [0.05, 0.1) is 6.54 Å². The normalized spacial score (nSPS) is 12.1. The lowest BCUT2D eigenvalue weighted by molar-refractivity contribution is -0.124. The molecule has 7 nitrogen and oxygen atoms in total. The lowest BCUT2D eigenvalue weighted by Gasteiger charge is -2.15. The Hall–Kier alpha value is -2.74. The van der Waals surface area contributed by atoms with Crippen molar-refractivity contribution in [1.82, 2.24) is 20.0 Å². The Bertz CT molecular complexity index is 898. The minimum Gasteiger partial charge on any atom is -0.349 e. The maximum absolute atomic E-state index is 12.6. The van der Waals surface area contributed by atoms with Crippen LogP contribution in [0, 0.1) is 6.92 Å². The van der Waals surface area contributed by atoms with Crippen LogP contribution in [0.15, 0.2) is 45.2 Å². The van der Waals surface area contributed by atoms with Crippen molar-refractivity contribution >= 4 is 17.2 Å². The number of amides is 1. The molecule has 3 aromatic heterocycles. The van der Waals surface area contributed by atoms with Crippen LogP contribution in [-0.4, -0.2) is 20.6 Å². The fourth-order valence-corrected chi connectivity index (χ4v) is 2.89. The van der Waals surface area contributed by atoms with Crippen LogP contribution in [0.2, 0.25) is 0 Å². The Morgan fingerprint density at radius 2 is 2.25 bits per heavy atom. The SMILES string of the molecule is Cc1noc(-c2cccn(C(C)C(=O)NCc3cccs3)c2=O)n1. The number of aromatic nitrogens is 3. The zero-order chi connectivity index (χ0) is 17.1. The largest absolute Gasteiger partial charge is 0.349 e. The lowest BCUT2D eigenvalue weighted by Crippen LogP contribution is -2.35. The minimum atomic E-state index is -0.651. The molecule has 1 N–H and O–H groups in total. The number of thiophene rings is 1. The molecule has 0 radical (unpaired) electrons. The maximum atomic E-state index is 12.6. The summed E-state index contributed by atoms with van der Waals surface area (Å²) in [6.45, 7) is 3.79. The smallest absolute Gasteiger partial charge is 0.264 e. The average molecular weight is 344 g/mol. The first kappa shape index (κ1) is 16.1. The van der Waals surface area contributed by atoms with Crippen molar-refractivity contribution in [3.05, 3.63) is 56.9 Å². The van der Waals surface area contributed by atoms with Crippen molar-refractivity contribution in [3.8, 4) is 11.5 Å². The summed E-state index contributed by atoms with van der Waals surface area (Å²) >= 11 is 1.57. The molecular formula is C16H16N4O3S. The van der Waals surface area contributed by atoms with E-state index in [2.05, 4.69) is 15.5 Å². The number of rotatable bonds is 5. The van der Waals surface area contributed by atoms with Gasteiger partial charge in [0, 0.05) is 11.1 Å². The second-order valence-electron chi connectivity index (χ2n) is 5.25. The molecule has 0 saturated heterocycles. The Labute approximate surface area is 141 Å². The van der Waals surface area contributed by atoms with Gasteiger partial charge in [0.25, 0.3) is 11.4 Å². The molecule has 124 valence electrons. The van der Waals surface area contributed by atoms with E-state index in [0.29, 0.717) is 12.4 Å². The van der Waals surface area contributed by atoms with E-state index in [1.807, 2.05) is 17.5 Å². The molecule has 3 aromatic rings. The summed E-state index contributed by atoms with van der Waals surface area (Å²) in [5, 5.41) is 8.47. The Kier molecular flexibility index (Phi) is 4.57. The van der Waals surface area contributed by atoms with Crippen LogP contribution >= 0.6 is 11.3 Å². The summed E-state index contributed by atoms with van der Waals surface area (Å²) in [4.78, 5) is 30.1. The number of nitrogens with one attached hydrogen (secondary N) is 1. The monoisotopic (exact) mass is 344 g/mol. The van der Waals surface area contributed by atoms with Gasteiger partial charge in [-0.25, -0.2) is 0 Å². The van der Waals surface area contributed by atoms with Crippen molar-refractivity contribution in [2.45, 2.75) is 26.4 Å². The van der Waals surface area contributed by atoms with Gasteiger partial charge in [0.1, 0.15) is 11.6 Å². The van der Waals surface area contributed by atoms with Crippen LogP contribution in [-0.2, 0) is 11.3 Å². The van der Waals surface area contributed by atoms with Gasteiger partial charge in [-0.15, -0.1) is 11.3 Å². The van der Waals surface area contributed by atoms with E-state index < -0.39 is 6.04 Å². The van der Waals surface area contributed by atoms with Gasteiger partial charge in [-0.2, -0.15) is 4.98 Å². The van der Waals surface area contributed by atoms with Gasteiger partial charge in [-0.1, -0.05) is 11.2 Å². The highest BCUT2D eigenvalue weighted by molar-refractivity contribution is 7.09. The van der Waals surface area contributed by atoms with E-state index in [-0.39, 0.29) is 22.9 Å². The van der Waals surface area contributed by atoms with Crippen molar-refractivity contribution in [2.24, 2.45) is 0 Å². The topological polar surface area (TPSA) is 90.0 Å². The molecule has 0 aromatic carbocycles. The molecule has 0 spiro atoms. The molecule has 1 atom stereocenters. The predicted octanol–water partition coefficient (Wildman–Crippen LogP) is 2.15. The quantitative estimate of drug-likeness (QED) is 0.766. The zero-order valence-corrected chi connectivity index (χ0v) is 14.0. The Morgan fingerprint density at radius 1 is 1.42 bits per heavy atom. The van der Waals surface area contributed by atoms with E-state index >= 15 is 0 Å². The predicted molar refractivity (Wildman–Crippen MR) is 89.6 cm³/mol. The van der Waals surface area contributed by atoms with Gasteiger partial charge in [-0.05, 0) is 37.4 Å². The molecule has 1 unspecified atom stereocenters. The number of hydrogen-bond acceptors (Lipinski definition) is 6. The zero-order valence-electron chi connectivity index (χ0n) is 13.2. The molecule has 0 aliphatic rings.